The van der Waals surface area contributed by atoms with Crippen molar-refractivity contribution < 1.29 is 4.74 Å². The van der Waals surface area contributed by atoms with Crippen molar-refractivity contribution in [3.63, 3.8) is 0 Å². The summed E-state index contributed by atoms with van der Waals surface area (Å²) in [6.07, 6.45) is 3.53. The van der Waals surface area contributed by atoms with Crippen LogP contribution in [0.25, 0.3) is 0 Å². The minimum Gasteiger partial charge on any atom is -0.483 e. The Bertz CT molecular complexity index is 695. The van der Waals surface area contributed by atoms with Crippen molar-refractivity contribution >= 4 is 16.8 Å². The number of hydrogen-bond acceptors (Lipinski definition) is 4. The minimum absolute atomic E-state index is 0.0943. The average molecular weight is 300 g/mol. The van der Waals surface area contributed by atoms with Crippen molar-refractivity contribution in [2.45, 2.75) is 13.2 Å². The Morgan fingerprint density at radius 3 is 2.86 bits per heavy atom. The number of rotatable bonds is 5. The van der Waals surface area contributed by atoms with E-state index in [1.54, 1.807) is 30.2 Å². The van der Waals surface area contributed by atoms with Gasteiger partial charge in [-0.1, -0.05) is 30.3 Å². The zero-order chi connectivity index (χ0) is 14.5. The quantitative estimate of drug-likeness (QED) is 0.852. The highest BCUT2D eigenvalue weighted by atomic mass is 32.2. The van der Waals surface area contributed by atoms with Crippen LogP contribution in [0, 0.1) is 0 Å². The highest BCUT2D eigenvalue weighted by Gasteiger charge is 2.08. The Labute approximate surface area is 127 Å². The van der Waals surface area contributed by atoms with Gasteiger partial charge in [-0.15, -0.1) is 11.8 Å². The van der Waals surface area contributed by atoms with E-state index in [-0.39, 0.29) is 5.43 Å². The molecule has 0 aliphatic carbocycles. The predicted octanol–water partition coefficient (Wildman–Crippen LogP) is 2.57. The number of aliphatic imine (C=N–C) groups is 1. The van der Waals surface area contributed by atoms with E-state index in [2.05, 4.69) is 4.99 Å². The number of thioether (sulfide) groups is 1. The van der Waals surface area contributed by atoms with Gasteiger partial charge in [-0.05, 0) is 5.56 Å². The second kappa shape index (κ2) is 6.63. The summed E-state index contributed by atoms with van der Waals surface area (Å²) in [6, 6.07) is 11.4. The molecule has 0 atom stereocenters. The van der Waals surface area contributed by atoms with E-state index in [0.717, 1.165) is 22.9 Å². The van der Waals surface area contributed by atoms with Gasteiger partial charge in [0.2, 0.25) is 5.43 Å². The molecule has 2 aromatic rings. The minimum atomic E-state index is -0.0943. The first-order chi connectivity index (χ1) is 10.3. The van der Waals surface area contributed by atoms with Crippen molar-refractivity contribution in [3.05, 3.63) is 64.6 Å². The summed E-state index contributed by atoms with van der Waals surface area (Å²) in [5.41, 5.74) is 0.950. The summed E-state index contributed by atoms with van der Waals surface area (Å²) in [5, 5.41) is 1.10. The highest BCUT2D eigenvalue weighted by Crippen LogP contribution is 2.14. The lowest BCUT2D eigenvalue weighted by molar-refractivity contribution is 0.300. The zero-order valence-electron chi connectivity index (χ0n) is 11.6. The molecule has 5 heteroatoms. The molecular formula is C16H16N2O2S. The van der Waals surface area contributed by atoms with Gasteiger partial charge < -0.3 is 9.30 Å². The van der Waals surface area contributed by atoms with E-state index < -0.39 is 0 Å². The topological polar surface area (TPSA) is 43.6 Å². The van der Waals surface area contributed by atoms with E-state index in [4.69, 9.17) is 4.74 Å². The predicted molar refractivity (Wildman–Crippen MR) is 86.2 cm³/mol. The third kappa shape index (κ3) is 3.76. The Balaban J connectivity index is 1.70. The number of aromatic nitrogens is 1. The van der Waals surface area contributed by atoms with E-state index in [0.29, 0.717) is 18.9 Å². The molecule has 0 fully saturated rings. The maximum atomic E-state index is 11.9. The molecule has 0 spiro atoms. The van der Waals surface area contributed by atoms with E-state index in [1.165, 1.54) is 0 Å². The van der Waals surface area contributed by atoms with Crippen molar-refractivity contribution in [1.82, 2.24) is 4.57 Å². The molecule has 0 radical (unpaired) electrons. The van der Waals surface area contributed by atoms with Crippen molar-refractivity contribution in [2.24, 2.45) is 4.99 Å². The molecule has 0 unspecified atom stereocenters. The molecule has 1 aliphatic rings. The molecular weight excluding hydrogens is 284 g/mol. The second-order valence-electron chi connectivity index (χ2n) is 4.74. The highest BCUT2D eigenvalue weighted by molar-refractivity contribution is 8.14. The Morgan fingerprint density at radius 1 is 1.24 bits per heavy atom. The van der Waals surface area contributed by atoms with Crippen LogP contribution >= 0.6 is 11.8 Å². The summed E-state index contributed by atoms with van der Waals surface area (Å²) < 4.78 is 7.59. The lowest BCUT2D eigenvalue weighted by atomic mass is 10.2. The smallest absolute Gasteiger partial charge is 0.223 e. The molecule has 21 heavy (non-hydrogen) atoms. The van der Waals surface area contributed by atoms with Gasteiger partial charge in [0.15, 0.2) is 5.75 Å². The lowest BCUT2D eigenvalue weighted by Gasteiger charge is -2.09. The fraction of sp³-hybridized carbons (Fsp3) is 0.250. The van der Waals surface area contributed by atoms with Crippen LogP contribution < -0.4 is 10.2 Å². The number of benzene rings is 1. The Kier molecular flexibility index (Phi) is 4.40. The first-order valence-corrected chi connectivity index (χ1v) is 7.83. The van der Waals surface area contributed by atoms with Gasteiger partial charge in [0.1, 0.15) is 6.61 Å². The summed E-state index contributed by atoms with van der Waals surface area (Å²) in [4.78, 5) is 16.3. The van der Waals surface area contributed by atoms with E-state index in [9.17, 15) is 4.79 Å². The van der Waals surface area contributed by atoms with E-state index in [1.807, 2.05) is 34.9 Å². The molecule has 2 heterocycles. The molecule has 0 N–H and O–H groups in total. The van der Waals surface area contributed by atoms with Crippen LogP contribution in [-0.4, -0.2) is 21.9 Å². The standard InChI is InChI=1S/C16H16N2O2S/c19-14-6-8-18(11-16-17-7-9-21-16)10-15(14)20-12-13-4-2-1-3-5-13/h1-6,8,10H,7,9,11-12H2. The van der Waals surface area contributed by atoms with Crippen molar-refractivity contribution in [2.75, 3.05) is 12.3 Å². The van der Waals surface area contributed by atoms with Gasteiger partial charge in [0, 0.05) is 24.6 Å². The molecule has 1 aromatic carbocycles. The first-order valence-electron chi connectivity index (χ1n) is 6.84. The SMILES string of the molecule is O=c1ccn(CC2=NCCS2)cc1OCc1ccccc1. The monoisotopic (exact) mass is 300 g/mol. The summed E-state index contributed by atoms with van der Waals surface area (Å²) >= 11 is 1.77. The number of ether oxygens (including phenoxy) is 1. The molecule has 1 aromatic heterocycles. The van der Waals surface area contributed by atoms with Gasteiger partial charge in [-0.2, -0.15) is 0 Å². The molecule has 108 valence electrons. The fourth-order valence-corrected chi connectivity index (χ4v) is 2.92. The lowest BCUT2D eigenvalue weighted by Crippen LogP contribution is -2.13. The molecule has 0 bridgehead atoms. The molecule has 0 amide bonds. The number of hydrogen-bond donors (Lipinski definition) is 0. The van der Waals surface area contributed by atoms with Crippen LogP contribution in [0.3, 0.4) is 0 Å². The second-order valence-corrected chi connectivity index (χ2v) is 5.91. The Hall–Kier alpha value is -2.01. The molecule has 3 rings (SSSR count). The van der Waals surface area contributed by atoms with Gasteiger partial charge in [-0.3, -0.25) is 9.79 Å². The normalized spacial score (nSPS) is 14.0. The van der Waals surface area contributed by atoms with Crippen LogP contribution in [0.4, 0.5) is 0 Å². The average Bonchev–Trinajstić information content (AvgIpc) is 3.02. The Morgan fingerprint density at radius 2 is 2.10 bits per heavy atom. The van der Waals surface area contributed by atoms with Gasteiger partial charge in [0.25, 0.3) is 0 Å². The number of nitrogens with zero attached hydrogens (tertiary/aromatic N) is 2. The summed E-state index contributed by atoms with van der Waals surface area (Å²) in [5.74, 6) is 1.43. The molecule has 4 nitrogen and oxygen atoms in total. The van der Waals surface area contributed by atoms with Crippen molar-refractivity contribution in [3.8, 4) is 5.75 Å². The molecule has 0 saturated carbocycles. The number of pyridine rings is 1. The van der Waals surface area contributed by atoms with Crippen LogP contribution in [-0.2, 0) is 13.2 Å². The van der Waals surface area contributed by atoms with Gasteiger partial charge in [-0.25, -0.2) is 0 Å². The van der Waals surface area contributed by atoms with Gasteiger partial charge >= 0.3 is 0 Å². The van der Waals surface area contributed by atoms with Crippen LogP contribution in [0.2, 0.25) is 0 Å². The van der Waals surface area contributed by atoms with Crippen LogP contribution in [0.1, 0.15) is 5.56 Å². The maximum Gasteiger partial charge on any atom is 0.223 e. The fourth-order valence-electron chi connectivity index (χ4n) is 2.08. The molecule has 0 saturated heterocycles. The van der Waals surface area contributed by atoms with Crippen molar-refractivity contribution in [1.29, 1.82) is 0 Å². The van der Waals surface area contributed by atoms with Crippen LogP contribution in [0.15, 0.2) is 58.6 Å². The first kappa shape index (κ1) is 13.9. The third-order valence-corrected chi connectivity index (χ3v) is 4.12. The summed E-state index contributed by atoms with van der Waals surface area (Å²) in [7, 11) is 0. The van der Waals surface area contributed by atoms with E-state index >= 15 is 0 Å². The maximum absolute atomic E-state index is 11.9. The molecule has 1 aliphatic heterocycles. The summed E-state index contributed by atoms with van der Waals surface area (Å²) in [6.45, 7) is 1.99. The largest absolute Gasteiger partial charge is 0.483 e. The van der Waals surface area contributed by atoms with Crippen LogP contribution in [0.5, 0.6) is 5.75 Å². The zero-order valence-corrected chi connectivity index (χ0v) is 12.4. The third-order valence-electron chi connectivity index (χ3n) is 3.15. The van der Waals surface area contributed by atoms with Gasteiger partial charge in [0.05, 0.1) is 17.8 Å².